The summed E-state index contributed by atoms with van der Waals surface area (Å²) in [5.41, 5.74) is 4.11. The van der Waals surface area contributed by atoms with Crippen LogP contribution in [0.2, 0.25) is 0 Å². The number of hydrogen-bond acceptors (Lipinski definition) is 3. The number of benzene rings is 4. The molecule has 0 aliphatic carbocycles. The predicted octanol–water partition coefficient (Wildman–Crippen LogP) is 7.22. The molecule has 0 atom stereocenters. The Morgan fingerprint density at radius 1 is 0.857 bits per heavy atom. The van der Waals surface area contributed by atoms with Crippen LogP contribution in [0.4, 0.5) is 4.79 Å². The van der Waals surface area contributed by atoms with Gasteiger partial charge in [0, 0.05) is 16.3 Å². The highest BCUT2D eigenvalue weighted by Gasteiger charge is 2.21. The van der Waals surface area contributed by atoms with Crippen molar-refractivity contribution >= 4 is 27.8 Å². The highest BCUT2D eigenvalue weighted by molar-refractivity contribution is 5.89. The van der Waals surface area contributed by atoms with Crippen LogP contribution in [-0.4, -0.2) is 22.4 Å². The van der Waals surface area contributed by atoms with E-state index >= 15 is 0 Å². The molecule has 5 heteroatoms. The lowest BCUT2D eigenvalue weighted by Gasteiger charge is -2.13. The van der Waals surface area contributed by atoms with Crippen molar-refractivity contribution in [1.29, 1.82) is 0 Å². The molecule has 0 aliphatic heterocycles. The molecule has 4 aromatic carbocycles. The lowest BCUT2D eigenvalue weighted by atomic mass is 10.1. The Hall–Kier alpha value is -4.25. The molecule has 35 heavy (non-hydrogen) atoms. The maximum absolute atomic E-state index is 11.6. The summed E-state index contributed by atoms with van der Waals surface area (Å²) in [5.74, 6) is 1.24. The van der Waals surface area contributed by atoms with Gasteiger partial charge in [-0.15, -0.1) is 0 Å². The zero-order valence-electron chi connectivity index (χ0n) is 19.6. The van der Waals surface area contributed by atoms with Gasteiger partial charge in [-0.3, -0.25) is 0 Å². The Labute approximate surface area is 204 Å². The number of carboxylic acid groups (broad SMARTS) is 1. The molecule has 5 nitrogen and oxygen atoms in total. The fraction of sp³-hybridized carbons (Fsp3) is 0.167. The van der Waals surface area contributed by atoms with E-state index in [2.05, 4.69) is 37.3 Å². The number of ether oxygens (including phenoxy) is 2. The van der Waals surface area contributed by atoms with E-state index in [-0.39, 0.29) is 0 Å². The molecule has 0 saturated carbocycles. The van der Waals surface area contributed by atoms with Crippen molar-refractivity contribution in [2.24, 2.45) is 0 Å². The van der Waals surface area contributed by atoms with Crippen molar-refractivity contribution in [1.82, 2.24) is 4.57 Å². The van der Waals surface area contributed by atoms with Gasteiger partial charge in [-0.25, -0.2) is 4.79 Å². The zero-order valence-corrected chi connectivity index (χ0v) is 19.6. The van der Waals surface area contributed by atoms with Gasteiger partial charge in [0.05, 0.1) is 18.7 Å². The van der Waals surface area contributed by atoms with Crippen LogP contribution < -0.4 is 9.47 Å². The van der Waals surface area contributed by atoms with Crippen LogP contribution >= 0.6 is 0 Å². The van der Waals surface area contributed by atoms with Crippen LogP contribution in [-0.2, 0) is 13.0 Å². The molecule has 1 N–H and O–H groups in total. The molecule has 5 rings (SSSR count). The number of fused-ring (bicyclic) bond motifs is 2. The molecule has 0 aliphatic rings. The van der Waals surface area contributed by atoms with E-state index < -0.39 is 6.16 Å². The lowest BCUT2D eigenvalue weighted by molar-refractivity contribution is 0.140. The van der Waals surface area contributed by atoms with E-state index in [0.29, 0.717) is 25.5 Å². The molecule has 0 radical (unpaired) electrons. The topological polar surface area (TPSA) is 60.7 Å². The third-order valence-corrected chi connectivity index (χ3v) is 6.38. The molecule has 0 unspecified atom stereocenters. The van der Waals surface area contributed by atoms with Gasteiger partial charge >= 0.3 is 6.16 Å². The van der Waals surface area contributed by atoms with E-state index in [1.54, 1.807) is 0 Å². The third kappa shape index (κ3) is 4.71. The summed E-state index contributed by atoms with van der Waals surface area (Å²) in [7, 11) is 0. The Morgan fingerprint density at radius 3 is 2.40 bits per heavy atom. The summed E-state index contributed by atoms with van der Waals surface area (Å²) >= 11 is 0. The first-order valence-electron chi connectivity index (χ1n) is 11.8. The number of nitrogens with zero attached hydrogens (tertiary/aromatic N) is 1. The van der Waals surface area contributed by atoms with Crippen molar-refractivity contribution in [2.75, 3.05) is 6.61 Å². The van der Waals surface area contributed by atoms with Gasteiger partial charge in [-0.2, -0.15) is 0 Å². The van der Waals surface area contributed by atoms with Crippen LogP contribution in [0.25, 0.3) is 21.7 Å². The van der Waals surface area contributed by atoms with Crippen LogP contribution in [0.15, 0.2) is 91.0 Å². The second kappa shape index (κ2) is 9.94. The zero-order chi connectivity index (χ0) is 24.2. The number of aromatic nitrogens is 1. The van der Waals surface area contributed by atoms with Gasteiger partial charge in [0.2, 0.25) is 5.88 Å². The lowest BCUT2D eigenvalue weighted by Crippen LogP contribution is -2.11. The van der Waals surface area contributed by atoms with Crippen molar-refractivity contribution in [3.05, 3.63) is 108 Å². The molecular weight excluding hydrogens is 438 g/mol. The minimum Gasteiger partial charge on any atom is -0.493 e. The Morgan fingerprint density at radius 2 is 1.57 bits per heavy atom. The Bertz CT molecular complexity index is 1500. The first-order chi connectivity index (χ1) is 17.1. The number of carbonyl (C=O) groups is 1. The van der Waals surface area contributed by atoms with Gasteiger partial charge < -0.3 is 19.1 Å². The maximum atomic E-state index is 11.6. The predicted molar refractivity (Wildman–Crippen MR) is 139 cm³/mol. The number of hydrogen-bond donors (Lipinski definition) is 1. The number of aryl methyl sites for hydroxylation is 2. The van der Waals surface area contributed by atoms with E-state index in [0.717, 1.165) is 50.5 Å². The quantitative estimate of drug-likeness (QED) is 0.194. The van der Waals surface area contributed by atoms with E-state index in [1.165, 1.54) is 0 Å². The van der Waals surface area contributed by atoms with Crippen molar-refractivity contribution in [3.8, 4) is 11.6 Å². The van der Waals surface area contributed by atoms with Crippen molar-refractivity contribution in [2.45, 2.75) is 26.3 Å². The molecule has 1 aromatic heterocycles. The van der Waals surface area contributed by atoms with Crippen molar-refractivity contribution in [3.63, 3.8) is 0 Å². The SMILES string of the molecule is Cc1ccccc1Cn1c(OC(=O)O)c(CCCOc2cccc3ccccc23)c2ccccc21. The highest BCUT2D eigenvalue weighted by atomic mass is 16.7. The summed E-state index contributed by atoms with van der Waals surface area (Å²) in [6.45, 7) is 3.10. The van der Waals surface area contributed by atoms with E-state index in [4.69, 9.17) is 9.47 Å². The molecule has 0 bridgehead atoms. The van der Waals surface area contributed by atoms with Gasteiger partial charge in [0.15, 0.2) is 0 Å². The minimum atomic E-state index is -1.31. The first kappa shape index (κ1) is 22.5. The van der Waals surface area contributed by atoms with Crippen LogP contribution in [0.3, 0.4) is 0 Å². The molecule has 176 valence electrons. The third-order valence-electron chi connectivity index (χ3n) is 6.38. The van der Waals surface area contributed by atoms with Gasteiger partial charge in [0.25, 0.3) is 0 Å². The normalized spacial score (nSPS) is 11.1. The molecular formula is C30H27NO4. The van der Waals surface area contributed by atoms with Gasteiger partial charge in [-0.05, 0) is 48.4 Å². The summed E-state index contributed by atoms with van der Waals surface area (Å²) in [5, 5.41) is 12.7. The van der Waals surface area contributed by atoms with Crippen LogP contribution in [0.5, 0.6) is 11.6 Å². The number of rotatable bonds is 8. The maximum Gasteiger partial charge on any atom is 0.512 e. The Balaban J connectivity index is 1.43. The smallest absolute Gasteiger partial charge is 0.493 e. The summed E-state index contributed by atoms with van der Waals surface area (Å²) in [4.78, 5) is 11.6. The largest absolute Gasteiger partial charge is 0.512 e. The van der Waals surface area contributed by atoms with Crippen LogP contribution in [0.1, 0.15) is 23.1 Å². The molecule has 1 heterocycles. The summed E-state index contributed by atoms with van der Waals surface area (Å²) < 4.78 is 13.5. The van der Waals surface area contributed by atoms with Crippen molar-refractivity contribution < 1.29 is 19.4 Å². The summed E-state index contributed by atoms with van der Waals surface area (Å²) in [6.07, 6.45) is 0.0405. The standard InChI is InChI=1S/C30H27NO4/c1-21-10-2-3-12-23(21)20-31-27-17-7-6-15-25(27)26(29(31)35-30(32)33)16-9-19-34-28-18-8-13-22-11-4-5-14-24(22)28/h2-8,10-15,17-18H,9,16,19-20H2,1H3,(H,32,33). The number of para-hydroxylation sites is 1. The monoisotopic (exact) mass is 465 g/mol. The molecule has 0 fully saturated rings. The fourth-order valence-corrected chi connectivity index (χ4v) is 4.66. The van der Waals surface area contributed by atoms with E-state index in [1.807, 2.05) is 65.2 Å². The molecule has 0 spiro atoms. The second-order valence-electron chi connectivity index (χ2n) is 8.61. The second-order valence-corrected chi connectivity index (χ2v) is 8.61. The van der Waals surface area contributed by atoms with Gasteiger partial charge in [0.1, 0.15) is 5.75 Å². The Kier molecular flexibility index (Phi) is 6.40. The molecule has 0 saturated heterocycles. The van der Waals surface area contributed by atoms with E-state index in [9.17, 15) is 9.90 Å². The van der Waals surface area contributed by atoms with Crippen LogP contribution in [0, 0.1) is 6.92 Å². The summed E-state index contributed by atoms with van der Waals surface area (Å²) in [6, 6.07) is 30.3. The first-order valence-corrected chi connectivity index (χ1v) is 11.8. The molecule has 5 aromatic rings. The van der Waals surface area contributed by atoms with Gasteiger partial charge in [-0.1, -0.05) is 78.9 Å². The average Bonchev–Trinajstić information content (AvgIpc) is 3.15. The highest BCUT2D eigenvalue weighted by Crippen LogP contribution is 2.35. The molecule has 0 amide bonds. The average molecular weight is 466 g/mol. The minimum absolute atomic E-state index is 0.382. The fourth-order valence-electron chi connectivity index (χ4n) is 4.66.